The summed E-state index contributed by atoms with van der Waals surface area (Å²) in [7, 11) is 0. The smallest absolute Gasteiger partial charge is 0.0703 e. The fourth-order valence-corrected chi connectivity index (χ4v) is 3.49. The molecule has 0 N–H and O–H groups in total. The lowest BCUT2D eigenvalue weighted by molar-refractivity contribution is 0.103. The quantitative estimate of drug-likeness (QED) is 0.753. The second-order valence-corrected chi connectivity index (χ2v) is 6.50. The number of rotatable bonds is 3. The summed E-state index contributed by atoms with van der Waals surface area (Å²) in [6.07, 6.45) is 3.66. The number of alkyl halides is 1. The molecule has 0 saturated carbocycles. The molecule has 1 aliphatic rings. The van der Waals surface area contributed by atoms with Crippen molar-refractivity contribution in [2.45, 2.75) is 30.7 Å². The van der Waals surface area contributed by atoms with Crippen LogP contribution >= 0.6 is 38.9 Å². The SMILES string of the molecule is ClC(CC1CCCO1)c1ccc(Br)s1. The minimum atomic E-state index is 0.106. The molecular weight excluding hydrogens is 284 g/mol. The summed E-state index contributed by atoms with van der Waals surface area (Å²) < 4.78 is 6.70. The van der Waals surface area contributed by atoms with Crippen LogP contribution in [-0.4, -0.2) is 12.7 Å². The van der Waals surface area contributed by atoms with E-state index in [1.807, 2.05) is 6.07 Å². The van der Waals surface area contributed by atoms with Gasteiger partial charge in [0.1, 0.15) is 0 Å². The van der Waals surface area contributed by atoms with Crippen LogP contribution in [-0.2, 0) is 4.74 Å². The van der Waals surface area contributed by atoms with E-state index in [2.05, 4.69) is 22.0 Å². The molecule has 0 spiro atoms. The maximum Gasteiger partial charge on any atom is 0.0703 e. The zero-order valence-electron chi connectivity index (χ0n) is 7.71. The summed E-state index contributed by atoms with van der Waals surface area (Å²) >= 11 is 11.5. The lowest BCUT2D eigenvalue weighted by atomic mass is 10.1. The van der Waals surface area contributed by atoms with E-state index in [9.17, 15) is 0 Å². The van der Waals surface area contributed by atoms with Gasteiger partial charge in [-0.25, -0.2) is 0 Å². The van der Waals surface area contributed by atoms with Gasteiger partial charge >= 0.3 is 0 Å². The third-order valence-corrected chi connectivity index (χ3v) is 4.68. The molecular formula is C10H12BrClOS. The monoisotopic (exact) mass is 294 g/mol. The highest BCUT2D eigenvalue weighted by Crippen LogP contribution is 2.35. The van der Waals surface area contributed by atoms with Gasteiger partial charge < -0.3 is 4.74 Å². The van der Waals surface area contributed by atoms with E-state index in [0.717, 1.165) is 23.2 Å². The fraction of sp³-hybridized carbons (Fsp3) is 0.600. The van der Waals surface area contributed by atoms with Crippen molar-refractivity contribution < 1.29 is 4.74 Å². The van der Waals surface area contributed by atoms with Gasteiger partial charge in [0.25, 0.3) is 0 Å². The average Bonchev–Trinajstić information content (AvgIpc) is 2.75. The van der Waals surface area contributed by atoms with Crippen LogP contribution in [0, 0.1) is 0 Å². The number of thiophene rings is 1. The molecule has 1 aromatic rings. The van der Waals surface area contributed by atoms with Crippen molar-refractivity contribution in [1.82, 2.24) is 0 Å². The van der Waals surface area contributed by atoms with Crippen LogP contribution in [0.1, 0.15) is 29.5 Å². The first-order chi connectivity index (χ1) is 6.75. The molecule has 1 aliphatic heterocycles. The topological polar surface area (TPSA) is 9.23 Å². The van der Waals surface area contributed by atoms with Crippen molar-refractivity contribution >= 4 is 38.9 Å². The minimum Gasteiger partial charge on any atom is -0.378 e. The third kappa shape index (κ3) is 2.72. The summed E-state index contributed by atoms with van der Waals surface area (Å²) in [5.74, 6) is 0. The van der Waals surface area contributed by atoms with Crippen molar-refractivity contribution in [3.8, 4) is 0 Å². The number of hydrogen-bond donors (Lipinski definition) is 0. The summed E-state index contributed by atoms with van der Waals surface area (Å²) in [6, 6.07) is 4.13. The lowest BCUT2D eigenvalue weighted by Crippen LogP contribution is -2.07. The predicted molar refractivity (Wildman–Crippen MR) is 64.2 cm³/mol. The van der Waals surface area contributed by atoms with E-state index in [0.29, 0.717) is 6.10 Å². The van der Waals surface area contributed by atoms with Gasteiger partial charge in [-0.1, -0.05) is 0 Å². The van der Waals surface area contributed by atoms with Gasteiger partial charge in [0.2, 0.25) is 0 Å². The summed E-state index contributed by atoms with van der Waals surface area (Å²) in [6.45, 7) is 0.905. The van der Waals surface area contributed by atoms with Crippen LogP contribution < -0.4 is 0 Å². The van der Waals surface area contributed by atoms with Crippen molar-refractivity contribution in [2.75, 3.05) is 6.61 Å². The first kappa shape index (κ1) is 10.9. The second-order valence-electron chi connectivity index (χ2n) is 3.48. The van der Waals surface area contributed by atoms with Crippen LogP contribution in [0.25, 0.3) is 0 Å². The molecule has 78 valence electrons. The molecule has 4 heteroatoms. The molecule has 0 aromatic carbocycles. The van der Waals surface area contributed by atoms with E-state index in [1.54, 1.807) is 11.3 Å². The minimum absolute atomic E-state index is 0.106. The Labute approximate surface area is 102 Å². The first-order valence-corrected chi connectivity index (χ1v) is 6.81. The first-order valence-electron chi connectivity index (χ1n) is 4.76. The van der Waals surface area contributed by atoms with Gasteiger partial charge in [-0.3, -0.25) is 0 Å². The highest BCUT2D eigenvalue weighted by Gasteiger charge is 2.21. The average molecular weight is 296 g/mol. The third-order valence-electron chi connectivity index (χ3n) is 2.40. The van der Waals surface area contributed by atoms with Gasteiger partial charge in [0.15, 0.2) is 0 Å². The van der Waals surface area contributed by atoms with Gasteiger partial charge in [-0.2, -0.15) is 0 Å². The number of ether oxygens (including phenoxy) is 1. The molecule has 1 aromatic heterocycles. The van der Waals surface area contributed by atoms with Gasteiger partial charge in [0.05, 0.1) is 15.3 Å². The molecule has 2 heterocycles. The maximum atomic E-state index is 6.31. The normalized spacial score (nSPS) is 24.0. The highest BCUT2D eigenvalue weighted by molar-refractivity contribution is 9.11. The molecule has 0 radical (unpaired) electrons. The zero-order valence-corrected chi connectivity index (χ0v) is 10.9. The van der Waals surface area contributed by atoms with Gasteiger partial charge in [0, 0.05) is 11.5 Å². The van der Waals surface area contributed by atoms with E-state index in [4.69, 9.17) is 16.3 Å². The van der Waals surface area contributed by atoms with Crippen LogP contribution in [0.5, 0.6) is 0 Å². The highest BCUT2D eigenvalue weighted by atomic mass is 79.9. The maximum absolute atomic E-state index is 6.31. The Kier molecular flexibility index (Phi) is 3.88. The Hall–Kier alpha value is 0.430. The molecule has 2 atom stereocenters. The van der Waals surface area contributed by atoms with Crippen LogP contribution in [0.15, 0.2) is 15.9 Å². The molecule has 2 rings (SSSR count). The Morgan fingerprint density at radius 1 is 1.64 bits per heavy atom. The second kappa shape index (κ2) is 4.97. The lowest BCUT2D eigenvalue weighted by Gasteiger charge is -2.12. The molecule has 1 nitrogen and oxygen atoms in total. The van der Waals surface area contributed by atoms with Crippen molar-refractivity contribution in [3.05, 3.63) is 20.8 Å². The van der Waals surface area contributed by atoms with E-state index < -0.39 is 0 Å². The Morgan fingerprint density at radius 3 is 3.07 bits per heavy atom. The molecule has 0 amide bonds. The number of hydrogen-bond acceptors (Lipinski definition) is 2. The summed E-state index contributed by atoms with van der Waals surface area (Å²) in [4.78, 5) is 1.23. The van der Waals surface area contributed by atoms with E-state index in [-0.39, 0.29) is 5.38 Å². The van der Waals surface area contributed by atoms with Gasteiger partial charge in [-0.05, 0) is 47.3 Å². The van der Waals surface area contributed by atoms with E-state index >= 15 is 0 Å². The standard InChI is InChI=1S/C10H12BrClOS/c11-10-4-3-9(14-10)8(12)6-7-2-1-5-13-7/h3-4,7-8H,1-2,5-6H2. The molecule has 0 bridgehead atoms. The summed E-state index contributed by atoms with van der Waals surface area (Å²) in [5.41, 5.74) is 0. The molecule has 1 fully saturated rings. The largest absolute Gasteiger partial charge is 0.378 e. The number of halogens is 2. The Balaban J connectivity index is 1.91. The molecule has 1 saturated heterocycles. The van der Waals surface area contributed by atoms with Crippen molar-refractivity contribution in [2.24, 2.45) is 0 Å². The Bertz CT molecular complexity index is 296. The molecule has 0 aliphatic carbocycles. The van der Waals surface area contributed by atoms with Gasteiger partial charge in [-0.15, -0.1) is 22.9 Å². The molecule has 2 unspecified atom stereocenters. The predicted octanol–water partition coefficient (Wildman–Crippen LogP) is 4.36. The van der Waals surface area contributed by atoms with Crippen LogP contribution in [0.2, 0.25) is 0 Å². The Morgan fingerprint density at radius 2 is 2.50 bits per heavy atom. The van der Waals surface area contributed by atoms with Crippen LogP contribution in [0.4, 0.5) is 0 Å². The van der Waals surface area contributed by atoms with E-state index in [1.165, 1.54) is 11.3 Å². The van der Waals surface area contributed by atoms with Crippen LogP contribution in [0.3, 0.4) is 0 Å². The fourth-order valence-electron chi connectivity index (χ4n) is 1.67. The van der Waals surface area contributed by atoms with Crippen molar-refractivity contribution in [1.29, 1.82) is 0 Å². The van der Waals surface area contributed by atoms with Crippen molar-refractivity contribution in [3.63, 3.8) is 0 Å². The molecule has 14 heavy (non-hydrogen) atoms. The zero-order chi connectivity index (χ0) is 9.97. The summed E-state index contributed by atoms with van der Waals surface area (Å²) in [5, 5.41) is 0.106.